The summed E-state index contributed by atoms with van der Waals surface area (Å²) in [5.74, 6) is 0.594. The molecule has 0 aromatic carbocycles. The molecular weight excluding hydrogens is 158 g/mol. The Morgan fingerprint density at radius 2 is 2.17 bits per heavy atom. The molecule has 0 aliphatic heterocycles. The van der Waals surface area contributed by atoms with E-state index in [0.29, 0.717) is 17.5 Å². The van der Waals surface area contributed by atoms with Gasteiger partial charge < -0.3 is 4.74 Å². The van der Waals surface area contributed by atoms with Gasteiger partial charge in [-0.05, 0) is 18.8 Å². The maximum atomic E-state index is 10.6. The molecule has 0 heterocycles. The smallest absolute Gasteiger partial charge is 0.433 e. The quantitative estimate of drug-likeness (QED) is 0.524. The Balaban J connectivity index is 3.43. The Bertz CT molecular complexity index is 136. The number of hydrogen-bond donors (Lipinski definition) is 1. The molecule has 0 rings (SSSR count). The molecule has 1 N–H and O–H groups in total. The largest absolute Gasteiger partial charge is 0.451 e. The molecule has 0 aromatic rings. The number of hydrogen-bond acceptors (Lipinski definition) is 3. The summed E-state index contributed by atoms with van der Waals surface area (Å²) in [5, 5.41) is 9.59. The number of hydroxylamine groups is 2. The highest BCUT2D eigenvalue weighted by Gasteiger charge is 2.09. The van der Waals surface area contributed by atoms with Crippen molar-refractivity contribution < 1.29 is 14.7 Å². The summed E-state index contributed by atoms with van der Waals surface area (Å²) < 4.78 is 4.31. The second-order valence-electron chi connectivity index (χ2n) is 3.13. The van der Waals surface area contributed by atoms with E-state index in [1.54, 1.807) is 0 Å². The summed E-state index contributed by atoms with van der Waals surface area (Å²) in [6.45, 7) is 4.53. The standard InChI is InChI=1S/C8H17NO3/c1-7(2)5-4-6-9(11)8(10)12-3/h7,11H,4-6H2,1-3H3. The Hall–Kier alpha value is -0.770. The van der Waals surface area contributed by atoms with E-state index in [4.69, 9.17) is 5.21 Å². The summed E-state index contributed by atoms with van der Waals surface area (Å²) in [6.07, 6.45) is 1.09. The van der Waals surface area contributed by atoms with Gasteiger partial charge in [-0.2, -0.15) is 5.06 Å². The molecule has 0 spiro atoms. The lowest BCUT2D eigenvalue weighted by Crippen LogP contribution is -2.28. The van der Waals surface area contributed by atoms with Crippen molar-refractivity contribution in [3.63, 3.8) is 0 Å². The number of amides is 1. The molecule has 0 radical (unpaired) electrons. The van der Waals surface area contributed by atoms with Crippen LogP contribution in [0.1, 0.15) is 26.7 Å². The van der Waals surface area contributed by atoms with Gasteiger partial charge in [0.15, 0.2) is 0 Å². The number of carbonyl (C=O) groups excluding carboxylic acids is 1. The zero-order chi connectivity index (χ0) is 9.56. The Labute approximate surface area is 73.1 Å². The lowest BCUT2D eigenvalue weighted by molar-refractivity contribution is -0.0701. The van der Waals surface area contributed by atoms with Crippen molar-refractivity contribution in [2.24, 2.45) is 5.92 Å². The molecule has 0 saturated heterocycles. The van der Waals surface area contributed by atoms with E-state index in [9.17, 15) is 4.79 Å². The van der Waals surface area contributed by atoms with Crippen LogP contribution in [0.2, 0.25) is 0 Å². The number of methoxy groups -OCH3 is 1. The van der Waals surface area contributed by atoms with Crippen LogP contribution in [0, 0.1) is 5.92 Å². The minimum Gasteiger partial charge on any atom is -0.451 e. The van der Waals surface area contributed by atoms with Crippen LogP contribution in [0.15, 0.2) is 0 Å². The van der Waals surface area contributed by atoms with Gasteiger partial charge >= 0.3 is 6.09 Å². The summed E-state index contributed by atoms with van der Waals surface area (Å²) in [7, 11) is 1.24. The zero-order valence-corrected chi connectivity index (χ0v) is 7.91. The molecule has 0 unspecified atom stereocenters. The summed E-state index contributed by atoms with van der Waals surface area (Å²) in [5.41, 5.74) is 0. The fourth-order valence-electron chi connectivity index (χ4n) is 0.846. The first-order valence-corrected chi connectivity index (χ1v) is 4.12. The van der Waals surface area contributed by atoms with E-state index >= 15 is 0 Å². The Kier molecular flexibility index (Phi) is 5.45. The van der Waals surface area contributed by atoms with E-state index < -0.39 is 6.09 Å². The molecule has 0 fully saturated rings. The number of ether oxygens (including phenoxy) is 1. The van der Waals surface area contributed by atoms with E-state index in [0.717, 1.165) is 12.8 Å². The third-order valence-electron chi connectivity index (χ3n) is 1.54. The predicted octanol–water partition coefficient (Wildman–Crippen LogP) is 1.88. The van der Waals surface area contributed by atoms with Crippen molar-refractivity contribution in [1.29, 1.82) is 0 Å². The van der Waals surface area contributed by atoms with E-state index in [1.165, 1.54) is 7.11 Å². The van der Waals surface area contributed by atoms with Gasteiger partial charge in [0.25, 0.3) is 0 Å². The zero-order valence-electron chi connectivity index (χ0n) is 7.91. The molecule has 4 heteroatoms. The highest BCUT2D eigenvalue weighted by molar-refractivity contribution is 5.65. The Morgan fingerprint density at radius 1 is 1.58 bits per heavy atom. The summed E-state index contributed by atoms with van der Waals surface area (Å²) in [4.78, 5) is 10.6. The average molecular weight is 175 g/mol. The highest BCUT2D eigenvalue weighted by Crippen LogP contribution is 2.04. The molecular formula is C8H17NO3. The topological polar surface area (TPSA) is 49.8 Å². The van der Waals surface area contributed by atoms with E-state index in [1.807, 2.05) is 0 Å². The molecule has 12 heavy (non-hydrogen) atoms. The van der Waals surface area contributed by atoms with E-state index in [2.05, 4.69) is 18.6 Å². The first kappa shape index (κ1) is 11.2. The second-order valence-corrected chi connectivity index (χ2v) is 3.13. The predicted molar refractivity (Wildman–Crippen MR) is 45.0 cm³/mol. The van der Waals surface area contributed by atoms with Gasteiger partial charge in [0.2, 0.25) is 0 Å². The van der Waals surface area contributed by atoms with Gasteiger partial charge in [0, 0.05) is 0 Å². The molecule has 0 aliphatic carbocycles. The molecule has 0 atom stereocenters. The third-order valence-corrected chi connectivity index (χ3v) is 1.54. The maximum Gasteiger partial charge on any atom is 0.433 e. The van der Waals surface area contributed by atoms with Crippen LogP contribution in [-0.2, 0) is 4.74 Å². The van der Waals surface area contributed by atoms with Crippen LogP contribution < -0.4 is 0 Å². The van der Waals surface area contributed by atoms with Crippen LogP contribution >= 0.6 is 0 Å². The minimum absolute atomic E-state index is 0.338. The van der Waals surface area contributed by atoms with Crippen molar-refractivity contribution in [2.45, 2.75) is 26.7 Å². The van der Waals surface area contributed by atoms with Gasteiger partial charge in [0.1, 0.15) is 0 Å². The molecule has 0 aliphatic rings. The third kappa shape index (κ3) is 4.96. The first-order valence-electron chi connectivity index (χ1n) is 4.12. The number of carbonyl (C=O) groups is 1. The second kappa shape index (κ2) is 5.83. The van der Waals surface area contributed by atoms with Crippen molar-refractivity contribution in [3.05, 3.63) is 0 Å². The normalized spacial score (nSPS) is 10.1. The molecule has 0 saturated carbocycles. The molecule has 4 nitrogen and oxygen atoms in total. The number of nitrogens with zero attached hydrogens (tertiary/aromatic N) is 1. The summed E-state index contributed by atoms with van der Waals surface area (Å²) in [6, 6.07) is 0. The van der Waals surface area contributed by atoms with Crippen LogP contribution in [0.4, 0.5) is 4.79 Å². The van der Waals surface area contributed by atoms with Gasteiger partial charge in [-0.25, -0.2) is 4.79 Å². The molecule has 0 aromatic heterocycles. The SMILES string of the molecule is COC(=O)N(O)CCCC(C)C. The Morgan fingerprint density at radius 3 is 2.58 bits per heavy atom. The fraction of sp³-hybridized carbons (Fsp3) is 0.875. The van der Waals surface area contributed by atoms with Crippen LogP contribution in [0.25, 0.3) is 0 Å². The van der Waals surface area contributed by atoms with Crippen molar-refractivity contribution in [3.8, 4) is 0 Å². The molecule has 72 valence electrons. The van der Waals surface area contributed by atoms with Gasteiger partial charge in [-0.3, -0.25) is 5.21 Å². The first-order chi connectivity index (χ1) is 5.57. The van der Waals surface area contributed by atoms with E-state index in [-0.39, 0.29) is 0 Å². The molecule has 0 bridgehead atoms. The van der Waals surface area contributed by atoms with Crippen LogP contribution in [0.3, 0.4) is 0 Å². The highest BCUT2D eigenvalue weighted by atomic mass is 16.6. The lowest BCUT2D eigenvalue weighted by Gasteiger charge is -2.13. The minimum atomic E-state index is -0.696. The van der Waals surface area contributed by atoms with Crippen molar-refractivity contribution >= 4 is 6.09 Å². The monoisotopic (exact) mass is 175 g/mol. The molecule has 1 amide bonds. The maximum absolute atomic E-state index is 10.6. The van der Waals surface area contributed by atoms with Gasteiger partial charge in [-0.1, -0.05) is 13.8 Å². The average Bonchev–Trinajstić information content (AvgIpc) is 2.02. The summed E-state index contributed by atoms with van der Waals surface area (Å²) >= 11 is 0. The van der Waals surface area contributed by atoms with Gasteiger partial charge in [0.05, 0.1) is 13.7 Å². The van der Waals surface area contributed by atoms with Crippen LogP contribution in [-0.4, -0.2) is 30.0 Å². The lowest BCUT2D eigenvalue weighted by atomic mass is 10.1. The van der Waals surface area contributed by atoms with Crippen molar-refractivity contribution in [2.75, 3.05) is 13.7 Å². The van der Waals surface area contributed by atoms with Gasteiger partial charge in [-0.15, -0.1) is 0 Å². The van der Waals surface area contributed by atoms with Crippen molar-refractivity contribution in [1.82, 2.24) is 5.06 Å². The fourth-order valence-corrected chi connectivity index (χ4v) is 0.846. The number of rotatable bonds is 4. The van der Waals surface area contributed by atoms with Crippen LogP contribution in [0.5, 0.6) is 0 Å².